The highest BCUT2D eigenvalue weighted by Gasteiger charge is 2.17. The van der Waals surface area contributed by atoms with Crippen molar-refractivity contribution in [1.82, 2.24) is 9.97 Å². The van der Waals surface area contributed by atoms with Crippen molar-refractivity contribution >= 4 is 56.1 Å². The number of nitrogens with zero attached hydrogens (tertiary/aromatic N) is 2. The minimum atomic E-state index is -0.535. The molecule has 4 rings (SSSR count). The van der Waals surface area contributed by atoms with Crippen LogP contribution in [0.2, 0.25) is 5.02 Å². The molecule has 10 heteroatoms. The van der Waals surface area contributed by atoms with E-state index in [1.165, 1.54) is 23.7 Å². The lowest BCUT2D eigenvalue weighted by Crippen LogP contribution is -2.14. The molecule has 0 spiro atoms. The number of nitrogens with one attached hydrogen (secondary N) is 2. The van der Waals surface area contributed by atoms with Crippen LogP contribution in [0.4, 0.5) is 11.1 Å². The van der Waals surface area contributed by atoms with Gasteiger partial charge in [-0.25, -0.2) is 4.98 Å². The number of aromatic nitrogens is 2. The number of carbonyl (C=O) groups is 2. The first-order valence-electron chi connectivity index (χ1n) is 7.26. The predicted molar refractivity (Wildman–Crippen MR) is 95.7 cm³/mol. The summed E-state index contributed by atoms with van der Waals surface area (Å²) < 4.78 is 10.9. The van der Waals surface area contributed by atoms with Crippen molar-refractivity contribution in [2.75, 3.05) is 10.6 Å². The van der Waals surface area contributed by atoms with Crippen molar-refractivity contribution in [2.45, 2.75) is 0 Å². The van der Waals surface area contributed by atoms with Crippen LogP contribution < -0.4 is 10.6 Å². The summed E-state index contributed by atoms with van der Waals surface area (Å²) in [6.07, 6.45) is 2.51. The number of halogens is 1. The van der Waals surface area contributed by atoms with Gasteiger partial charge in [0.25, 0.3) is 11.8 Å². The van der Waals surface area contributed by atoms with Crippen LogP contribution in [0.5, 0.6) is 0 Å². The second-order valence-corrected chi connectivity index (χ2v) is 6.52. The molecule has 0 atom stereocenters. The van der Waals surface area contributed by atoms with Crippen LogP contribution in [0.15, 0.2) is 51.7 Å². The molecule has 2 amide bonds. The fourth-order valence-electron chi connectivity index (χ4n) is 2.11. The van der Waals surface area contributed by atoms with Gasteiger partial charge in [0.15, 0.2) is 16.6 Å². The van der Waals surface area contributed by atoms with Crippen molar-refractivity contribution in [3.05, 3.63) is 59.3 Å². The third kappa shape index (κ3) is 3.30. The van der Waals surface area contributed by atoms with Crippen molar-refractivity contribution in [1.29, 1.82) is 0 Å². The zero-order valence-corrected chi connectivity index (χ0v) is 14.4. The first-order chi connectivity index (χ1) is 12.6. The Morgan fingerprint density at radius 3 is 2.77 bits per heavy atom. The van der Waals surface area contributed by atoms with Crippen LogP contribution in [-0.2, 0) is 0 Å². The molecule has 0 saturated heterocycles. The molecule has 8 nitrogen and oxygen atoms in total. The number of hydrogen-bond acceptors (Lipinski definition) is 7. The van der Waals surface area contributed by atoms with Gasteiger partial charge in [-0.1, -0.05) is 22.9 Å². The monoisotopic (exact) mass is 388 g/mol. The summed E-state index contributed by atoms with van der Waals surface area (Å²) in [6, 6.07) is 8.21. The molecule has 4 aromatic rings. The second kappa shape index (κ2) is 6.62. The molecule has 0 aliphatic carbocycles. The van der Waals surface area contributed by atoms with Gasteiger partial charge >= 0.3 is 6.01 Å². The summed E-state index contributed by atoms with van der Waals surface area (Å²) >= 11 is 7.22. The third-order valence-corrected chi connectivity index (χ3v) is 4.44. The van der Waals surface area contributed by atoms with E-state index in [0.717, 1.165) is 16.5 Å². The van der Waals surface area contributed by atoms with E-state index >= 15 is 0 Å². The Labute approximate surface area is 154 Å². The molecule has 0 saturated carbocycles. The van der Waals surface area contributed by atoms with Crippen LogP contribution in [0.1, 0.15) is 21.0 Å². The standard InChI is InChI=1S/C16H9ClN4O4S/c17-8-3-4-9-12(6-8)26-16(19-9)21-13(22)10-7-25-15(18-10)20-14(23)11-2-1-5-24-11/h1-7H,(H,18,20,23)(H,19,21,22). The number of carbonyl (C=O) groups excluding carboxylic acids is 2. The van der Waals surface area contributed by atoms with Gasteiger partial charge in [-0.3, -0.25) is 20.2 Å². The van der Waals surface area contributed by atoms with Crippen molar-refractivity contribution in [2.24, 2.45) is 0 Å². The van der Waals surface area contributed by atoms with E-state index in [9.17, 15) is 9.59 Å². The number of fused-ring (bicyclic) bond motifs is 1. The third-order valence-electron chi connectivity index (χ3n) is 3.27. The fourth-order valence-corrected chi connectivity index (χ4v) is 3.25. The summed E-state index contributed by atoms with van der Waals surface area (Å²) in [5.41, 5.74) is 0.721. The van der Waals surface area contributed by atoms with Gasteiger partial charge in [0.1, 0.15) is 6.26 Å². The zero-order valence-electron chi connectivity index (χ0n) is 12.9. The molecule has 0 fully saturated rings. The smallest absolute Gasteiger partial charge is 0.302 e. The molecule has 3 aromatic heterocycles. The highest BCUT2D eigenvalue weighted by atomic mass is 35.5. The van der Waals surface area contributed by atoms with Crippen LogP contribution in [-0.4, -0.2) is 21.8 Å². The van der Waals surface area contributed by atoms with Gasteiger partial charge in [-0.2, -0.15) is 4.98 Å². The average Bonchev–Trinajstić information content (AvgIpc) is 3.34. The van der Waals surface area contributed by atoms with E-state index in [1.54, 1.807) is 24.3 Å². The first kappa shape index (κ1) is 16.3. The van der Waals surface area contributed by atoms with Crippen LogP contribution in [0.25, 0.3) is 10.2 Å². The predicted octanol–water partition coefficient (Wildman–Crippen LogP) is 4.04. The fraction of sp³-hybridized carbons (Fsp3) is 0. The van der Waals surface area contributed by atoms with E-state index in [2.05, 4.69) is 20.6 Å². The normalized spacial score (nSPS) is 10.8. The second-order valence-electron chi connectivity index (χ2n) is 5.05. The molecule has 0 bridgehead atoms. The minimum Gasteiger partial charge on any atom is -0.459 e. The molecular formula is C16H9ClN4O4S. The SMILES string of the molecule is O=C(Nc1nc2ccc(Cl)cc2s1)c1coc(NC(=O)c2ccco2)n1. The molecule has 2 N–H and O–H groups in total. The largest absolute Gasteiger partial charge is 0.459 e. The molecule has 0 aliphatic rings. The van der Waals surface area contributed by atoms with Gasteiger partial charge in [-0.15, -0.1) is 0 Å². The Bertz CT molecular complexity index is 1100. The van der Waals surface area contributed by atoms with E-state index < -0.39 is 11.8 Å². The maximum atomic E-state index is 12.3. The van der Waals surface area contributed by atoms with Crippen LogP contribution in [0.3, 0.4) is 0 Å². The Morgan fingerprint density at radius 2 is 1.96 bits per heavy atom. The Kier molecular flexibility index (Phi) is 4.15. The van der Waals surface area contributed by atoms with Gasteiger partial charge in [0.05, 0.1) is 16.5 Å². The number of oxazole rings is 1. The summed E-state index contributed by atoms with van der Waals surface area (Å²) in [5.74, 6) is -0.952. The lowest BCUT2D eigenvalue weighted by atomic mass is 10.3. The maximum absolute atomic E-state index is 12.3. The molecule has 26 heavy (non-hydrogen) atoms. The van der Waals surface area contributed by atoms with E-state index in [1.807, 2.05) is 0 Å². The van der Waals surface area contributed by atoms with E-state index in [4.69, 9.17) is 20.4 Å². The number of thiazole rings is 1. The van der Waals surface area contributed by atoms with Crippen molar-refractivity contribution in [3.63, 3.8) is 0 Å². The van der Waals surface area contributed by atoms with Crippen molar-refractivity contribution in [3.8, 4) is 0 Å². The topological polar surface area (TPSA) is 110 Å². The Balaban J connectivity index is 1.46. The number of amides is 2. The van der Waals surface area contributed by atoms with Gasteiger partial charge < -0.3 is 8.83 Å². The zero-order chi connectivity index (χ0) is 18.1. The van der Waals surface area contributed by atoms with Gasteiger partial charge in [0.2, 0.25) is 0 Å². The number of benzene rings is 1. The lowest BCUT2D eigenvalue weighted by Gasteiger charge is -1.97. The summed E-state index contributed by atoms with van der Waals surface area (Å²) in [6.45, 7) is 0. The molecule has 1 aromatic carbocycles. The Hall–Kier alpha value is -3.17. The summed E-state index contributed by atoms with van der Waals surface area (Å²) in [7, 11) is 0. The molecule has 0 aliphatic heterocycles. The number of rotatable bonds is 4. The highest BCUT2D eigenvalue weighted by molar-refractivity contribution is 7.22. The van der Waals surface area contributed by atoms with Gasteiger partial charge in [0, 0.05) is 5.02 Å². The maximum Gasteiger partial charge on any atom is 0.302 e. The number of furan rings is 1. The van der Waals surface area contributed by atoms with E-state index in [0.29, 0.717) is 10.2 Å². The van der Waals surface area contributed by atoms with Crippen molar-refractivity contribution < 1.29 is 18.4 Å². The molecule has 3 heterocycles. The Morgan fingerprint density at radius 1 is 1.08 bits per heavy atom. The minimum absolute atomic E-state index is 0.00275. The summed E-state index contributed by atoms with van der Waals surface area (Å²) in [5, 5.41) is 6.02. The number of hydrogen-bond donors (Lipinski definition) is 2. The number of anilines is 2. The quantitative estimate of drug-likeness (QED) is 0.546. The first-order valence-corrected chi connectivity index (χ1v) is 8.46. The van der Waals surface area contributed by atoms with E-state index in [-0.39, 0.29) is 17.5 Å². The van der Waals surface area contributed by atoms with Gasteiger partial charge in [-0.05, 0) is 30.3 Å². The molecule has 130 valence electrons. The molecule has 0 unspecified atom stereocenters. The van der Waals surface area contributed by atoms with Crippen LogP contribution >= 0.6 is 22.9 Å². The average molecular weight is 389 g/mol. The van der Waals surface area contributed by atoms with Crippen LogP contribution in [0, 0.1) is 0 Å². The molecular weight excluding hydrogens is 380 g/mol. The lowest BCUT2D eigenvalue weighted by molar-refractivity contribution is 0.0990. The molecule has 0 radical (unpaired) electrons. The summed E-state index contributed by atoms with van der Waals surface area (Å²) in [4.78, 5) is 32.3. The highest BCUT2D eigenvalue weighted by Crippen LogP contribution is 2.28.